The third-order valence-corrected chi connectivity index (χ3v) is 2.81. The lowest BCUT2D eigenvalue weighted by molar-refractivity contribution is 0.415. The summed E-state index contributed by atoms with van der Waals surface area (Å²) >= 11 is 11.8. The summed E-state index contributed by atoms with van der Waals surface area (Å²) in [6.07, 6.45) is 0. The van der Waals surface area contributed by atoms with E-state index in [2.05, 4.69) is 10.3 Å². The molecule has 0 radical (unpaired) electrons. The fraction of sp³-hybridized carbons (Fsp3) is 0.0833. The second-order valence-corrected chi connectivity index (χ2v) is 4.34. The van der Waals surface area contributed by atoms with Crippen LogP contribution in [0.1, 0.15) is 0 Å². The molecule has 0 aliphatic rings. The summed E-state index contributed by atoms with van der Waals surface area (Å²) in [7, 11) is 1.56. The Morgan fingerprint density at radius 2 is 2.00 bits per heavy atom. The van der Waals surface area contributed by atoms with E-state index in [0.717, 1.165) is 5.69 Å². The molecule has 2 rings (SSSR count). The van der Waals surface area contributed by atoms with Crippen molar-refractivity contribution in [2.75, 3.05) is 18.2 Å². The van der Waals surface area contributed by atoms with Crippen LogP contribution in [0, 0.1) is 0 Å². The first-order chi connectivity index (χ1) is 8.60. The first-order valence-electron chi connectivity index (χ1n) is 5.12. The summed E-state index contributed by atoms with van der Waals surface area (Å²) in [5.41, 5.74) is 7.05. The minimum absolute atomic E-state index is 0.367. The van der Waals surface area contributed by atoms with Gasteiger partial charge in [0.1, 0.15) is 10.9 Å². The number of nitrogens with one attached hydrogen (secondary N) is 1. The first-order valence-corrected chi connectivity index (χ1v) is 5.88. The van der Waals surface area contributed by atoms with E-state index in [1.54, 1.807) is 31.4 Å². The number of nitrogens with two attached hydrogens (primary N) is 1. The van der Waals surface area contributed by atoms with Crippen molar-refractivity contribution in [1.82, 2.24) is 4.98 Å². The van der Waals surface area contributed by atoms with Gasteiger partial charge in [0.15, 0.2) is 5.82 Å². The Labute approximate surface area is 115 Å². The van der Waals surface area contributed by atoms with Crippen LogP contribution in [0.4, 0.5) is 17.2 Å². The summed E-state index contributed by atoms with van der Waals surface area (Å²) in [4.78, 5) is 4.10. The summed E-state index contributed by atoms with van der Waals surface area (Å²) < 4.78 is 5.07. The van der Waals surface area contributed by atoms with E-state index >= 15 is 0 Å². The minimum Gasteiger partial charge on any atom is -0.495 e. The van der Waals surface area contributed by atoms with Crippen LogP contribution in [0.2, 0.25) is 10.2 Å². The lowest BCUT2D eigenvalue weighted by atomic mass is 10.3. The van der Waals surface area contributed by atoms with Gasteiger partial charge >= 0.3 is 0 Å². The van der Waals surface area contributed by atoms with Crippen LogP contribution < -0.4 is 15.8 Å². The van der Waals surface area contributed by atoms with Crippen molar-refractivity contribution in [3.05, 3.63) is 40.5 Å². The van der Waals surface area contributed by atoms with Gasteiger partial charge < -0.3 is 15.8 Å². The molecule has 4 nitrogen and oxygen atoms in total. The minimum atomic E-state index is 0.367. The van der Waals surface area contributed by atoms with Gasteiger partial charge in [-0.15, -0.1) is 0 Å². The predicted octanol–water partition coefficient (Wildman–Crippen LogP) is 3.72. The second-order valence-electron chi connectivity index (χ2n) is 3.55. The van der Waals surface area contributed by atoms with Crippen molar-refractivity contribution in [1.29, 1.82) is 0 Å². The van der Waals surface area contributed by atoms with Crippen LogP contribution in [-0.4, -0.2) is 12.1 Å². The quantitative estimate of drug-likeness (QED) is 0.843. The van der Waals surface area contributed by atoms with Crippen LogP contribution in [0.3, 0.4) is 0 Å². The molecule has 94 valence electrons. The van der Waals surface area contributed by atoms with E-state index in [-0.39, 0.29) is 0 Å². The first kappa shape index (κ1) is 12.8. The average molecular weight is 284 g/mol. The molecule has 1 aromatic carbocycles. The number of nitrogen functional groups attached to an aromatic ring is 1. The number of rotatable bonds is 3. The number of benzene rings is 1. The SMILES string of the molecule is COc1ccc(Nc2nc(Cl)ccc2N)cc1Cl. The Hall–Kier alpha value is -1.65. The van der Waals surface area contributed by atoms with E-state index in [1.165, 1.54) is 0 Å². The molecule has 0 unspecified atom stereocenters. The molecule has 0 fully saturated rings. The third-order valence-electron chi connectivity index (χ3n) is 2.31. The second kappa shape index (κ2) is 5.33. The molecule has 0 saturated heterocycles. The Kier molecular flexibility index (Phi) is 3.79. The highest BCUT2D eigenvalue weighted by Gasteiger charge is 2.05. The van der Waals surface area contributed by atoms with Gasteiger partial charge in [-0.05, 0) is 30.3 Å². The standard InChI is InChI=1S/C12H11Cl2N3O/c1-18-10-4-2-7(6-8(10)13)16-12-9(15)3-5-11(14)17-12/h2-6H,15H2,1H3,(H,16,17). The number of pyridine rings is 1. The normalized spacial score (nSPS) is 10.2. The predicted molar refractivity (Wildman–Crippen MR) is 74.9 cm³/mol. The highest BCUT2D eigenvalue weighted by molar-refractivity contribution is 6.32. The monoisotopic (exact) mass is 283 g/mol. The van der Waals surface area contributed by atoms with Crippen molar-refractivity contribution in [2.45, 2.75) is 0 Å². The van der Waals surface area contributed by atoms with Gasteiger partial charge in [0.2, 0.25) is 0 Å². The largest absolute Gasteiger partial charge is 0.495 e. The molecule has 0 atom stereocenters. The molecule has 1 heterocycles. The molecule has 3 N–H and O–H groups in total. The van der Waals surface area contributed by atoms with Gasteiger partial charge in [0, 0.05) is 5.69 Å². The van der Waals surface area contributed by atoms with E-state index in [1.807, 2.05) is 6.07 Å². The zero-order valence-electron chi connectivity index (χ0n) is 9.58. The fourth-order valence-electron chi connectivity index (χ4n) is 1.43. The van der Waals surface area contributed by atoms with Gasteiger partial charge in [-0.2, -0.15) is 0 Å². The molecule has 0 aliphatic heterocycles. The number of hydrogen-bond donors (Lipinski definition) is 2. The molecule has 2 aromatic rings. The Bertz CT molecular complexity index is 575. The van der Waals surface area contributed by atoms with Gasteiger partial charge in [-0.25, -0.2) is 4.98 Å². The number of nitrogens with zero attached hydrogens (tertiary/aromatic N) is 1. The number of hydrogen-bond acceptors (Lipinski definition) is 4. The molecular weight excluding hydrogens is 273 g/mol. The summed E-state index contributed by atoms with van der Waals surface area (Å²) in [5, 5.41) is 3.91. The zero-order chi connectivity index (χ0) is 13.1. The van der Waals surface area contributed by atoms with Crippen molar-refractivity contribution >= 4 is 40.4 Å². The van der Waals surface area contributed by atoms with Crippen molar-refractivity contribution in [3.8, 4) is 5.75 Å². The fourth-order valence-corrected chi connectivity index (χ4v) is 1.83. The maximum Gasteiger partial charge on any atom is 0.155 e. The van der Waals surface area contributed by atoms with Gasteiger partial charge in [0.05, 0.1) is 17.8 Å². The smallest absolute Gasteiger partial charge is 0.155 e. The topological polar surface area (TPSA) is 60.2 Å². The van der Waals surface area contributed by atoms with Crippen LogP contribution in [0.5, 0.6) is 5.75 Å². The van der Waals surface area contributed by atoms with Gasteiger partial charge in [0.25, 0.3) is 0 Å². The lowest BCUT2D eigenvalue weighted by Gasteiger charge is -2.10. The van der Waals surface area contributed by atoms with Crippen LogP contribution in [-0.2, 0) is 0 Å². The van der Waals surface area contributed by atoms with E-state index < -0.39 is 0 Å². The van der Waals surface area contributed by atoms with Crippen LogP contribution >= 0.6 is 23.2 Å². The highest BCUT2D eigenvalue weighted by Crippen LogP contribution is 2.30. The van der Waals surface area contributed by atoms with Crippen molar-refractivity contribution < 1.29 is 4.74 Å². The number of anilines is 3. The summed E-state index contributed by atoms with van der Waals surface area (Å²) in [6.45, 7) is 0. The molecule has 0 amide bonds. The number of halogens is 2. The summed E-state index contributed by atoms with van der Waals surface area (Å²) in [5.74, 6) is 1.10. The van der Waals surface area contributed by atoms with E-state index in [4.69, 9.17) is 33.7 Å². The molecule has 0 spiro atoms. The Morgan fingerprint density at radius 1 is 1.22 bits per heavy atom. The third kappa shape index (κ3) is 2.78. The summed E-state index contributed by atoms with van der Waals surface area (Å²) in [6, 6.07) is 8.60. The molecule has 0 bridgehead atoms. The Morgan fingerprint density at radius 3 is 2.67 bits per heavy atom. The van der Waals surface area contributed by atoms with Crippen molar-refractivity contribution in [2.24, 2.45) is 0 Å². The number of aromatic nitrogens is 1. The highest BCUT2D eigenvalue weighted by atomic mass is 35.5. The zero-order valence-corrected chi connectivity index (χ0v) is 11.1. The maximum atomic E-state index is 6.02. The molecule has 1 aromatic heterocycles. The number of ether oxygens (including phenoxy) is 1. The average Bonchev–Trinajstić information content (AvgIpc) is 2.34. The molecular formula is C12H11Cl2N3O. The van der Waals surface area contributed by atoms with Crippen LogP contribution in [0.25, 0.3) is 0 Å². The van der Waals surface area contributed by atoms with E-state index in [0.29, 0.717) is 27.4 Å². The van der Waals surface area contributed by atoms with Crippen LogP contribution in [0.15, 0.2) is 30.3 Å². The molecule has 0 aliphatic carbocycles. The Balaban J connectivity index is 2.28. The molecule has 6 heteroatoms. The van der Waals surface area contributed by atoms with Gasteiger partial charge in [-0.1, -0.05) is 23.2 Å². The maximum absolute atomic E-state index is 6.02. The molecule has 18 heavy (non-hydrogen) atoms. The van der Waals surface area contributed by atoms with E-state index in [9.17, 15) is 0 Å². The molecule has 0 saturated carbocycles. The number of methoxy groups -OCH3 is 1. The van der Waals surface area contributed by atoms with Gasteiger partial charge in [-0.3, -0.25) is 0 Å². The van der Waals surface area contributed by atoms with Crippen molar-refractivity contribution in [3.63, 3.8) is 0 Å². The lowest BCUT2D eigenvalue weighted by Crippen LogP contribution is -1.99.